The molecule has 0 spiro atoms. The molecule has 130 valence electrons. The number of halogens is 4. The van der Waals surface area contributed by atoms with E-state index in [1.165, 1.54) is 12.8 Å². The first-order valence-corrected chi connectivity index (χ1v) is 8.03. The summed E-state index contributed by atoms with van der Waals surface area (Å²) in [4.78, 5) is 0. The highest BCUT2D eigenvalue weighted by Crippen LogP contribution is 2.32. The van der Waals surface area contributed by atoms with Gasteiger partial charge in [0.2, 0.25) is 0 Å². The van der Waals surface area contributed by atoms with Gasteiger partial charge in [-0.2, -0.15) is 13.2 Å². The fourth-order valence-corrected chi connectivity index (χ4v) is 2.92. The van der Waals surface area contributed by atoms with Crippen LogP contribution in [0.1, 0.15) is 43.7 Å². The summed E-state index contributed by atoms with van der Waals surface area (Å²) in [5.41, 5.74) is -1.00. The summed E-state index contributed by atoms with van der Waals surface area (Å²) in [5.74, 6) is -0.113. The van der Waals surface area contributed by atoms with E-state index in [9.17, 15) is 17.6 Å². The smallest absolute Gasteiger partial charge is 0.375 e. The van der Waals surface area contributed by atoms with Crippen molar-refractivity contribution in [3.8, 4) is 0 Å². The molecule has 0 atom stereocenters. The number of alkyl halides is 3. The molecule has 0 amide bonds. The van der Waals surface area contributed by atoms with Crippen molar-refractivity contribution in [2.75, 3.05) is 13.2 Å². The van der Waals surface area contributed by atoms with Crippen LogP contribution in [0.3, 0.4) is 0 Å². The second kappa shape index (κ2) is 8.11. The van der Waals surface area contributed by atoms with Gasteiger partial charge in [-0.3, -0.25) is 0 Å². The molecule has 0 saturated heterocycles. The fourth-order valence-electron chi connectivity index (χ4n) is 2.92. The predicted octanol–water partition coefficient (Wildman–Crippen LogP) is 4.53. The Morgan fingerprint density at radius 2 is 1.87 bits per heavy atom. The molecule has 1 saturated carbocycles. The quantitative estimate of drug-likeness (QED) is 0.610. The van der Waals surface area contributed by atoms with Gasteiger partial charge >= 0.3 is 6.18 Å². The molecule has 0 unspecified atom stereocenters. The van der Waals surface area contributed by atoms with Crippen molar-refractivity contribution in [2.24, 2.45) is 5.92 Å². The van der Waals surface area contributed by atoms with E-state index in [1.807, 2.05) is 0 Å². The summed E-state index contributed by atoms with van der Waals surface area (Å²) >= 11 is 0. The van der Waals surface area contributed by atoms with Crippen molar-refractivity contribution in [2.45, 2.75) is 51.4 Å². The van der Waals surface area contributed by atoms with Crippen LogP contribution in [-0.4, -0.2) is 19.2 Å². The second-order valence-corrected chi connectivity index (χ2v) is 6.26. The Hall–Kier alpha value is -1.14. The number of rotatable bonds is 6. The summed E-state index contributed by atoms with van der Waals surface area (Å²) < 4.78 is 56.9. The van der Waals surface area contributed by atoms with Gasteiger partial charge in [0, 0.05) is 12.6 Å². The summed E-state index contributed by atoms with van der Waals surface area (Å²) in [7, 11) is 0. The Balaban J connectivity index is 1.74. The van der Waals surface area contributed by atoms with Crippen molar-refractivity contribution < 1.29 is 22.3 Å². The Morgan fingerprint density at radius 1 is 1.17 bits per heavy atom. The van der Waals surface area contributed by atoms with Crippen LogP contribution in [0.15, 0.2) is 18.2 Å². The van der Waals surface area contributed by atoms with Crippen LogP contribution in [0, 0.1) is 11.7 Å². The molecule has 0 heterocycles. The molecule has 0 radical (unpaired) electrons. The minimum Gasteiger partial charge on any atom is -0.375 e. The van der Waals surface area contributed by atoms with Crippen molar-refractivity contribution in [1.82, 2.24) is 5.32 Å². The average molecular weight is 333 g/mol. The van der Waals surface area contributed by atoms with Gasteiger partial charge in [-0.05, 0) is 49.3 Å². The Kier molecular flexibility index (Phi) is 6.41. The maximum absolute atomic E-state index is 13.0. The molecule has 1 aliphatic carbocycles. The number of hydrogen-bond donors (Lipinski definition) is 1. The van der Waals surface area contributed by atoms with E-state index in [0.717, 1.165) is 30.9 Å². The molecular formula is C17H23F4NO. The van der Waals surface area contributed by atoms with Crippen LogP contribution in [0.2, 0.25) is 0 Å². The van der Waals surface area contributed by atoms with Gasteiger partial charge < -0.3 is 10.1 Å². The van der Waals surface area contributed by atoms with Gasteiger partial charge in [-0.25, -0.2) is 4.39 Å². The number of benzene rings is 1. The summed E-state index contributed by atoms with van der Waals surface area (Å²) in [5, 5.41) is 3.38. The second-order valence-electron chi connectivity index (χ2n) is 6.26. The third-order valence-corrected chi connectivity index (χ3v) is 4.33. The normalized spacial score (nSPS) is 22.3. The first kappa shape index (κ1) is 18.2. The van der Waals surface area contributed by atoms with E-state index in [4.69, 9.17) is 4.74 Å². The largest absolute Gasteiger partial charge is 0.416 e. The van der Waals surface area contributed by atoms with Crippen LogP contribution < -0.4 is 5.32 Å². The highest BCUT2D eigenvalue weighted by atomic mass is 19.4. The van der Waals surface area contributed by atoms with Crippen LogP contribution in [0.5, 0.6) is 0 Å². The molecule has 1 N–H and O–H groups in total. The zero-order valence-electron chi connectivity index (χ0n) is 13.3. The summed E-state index contributed by atoms with van der Waals surface area (Å²) in [6, 6.07) is 3.15. The van der Waals surface area contributed by atoms with Gasteiger partial charge in [0.05, 0.1) is 18.8 Å². The standard InChI is InChI=1S/C17H23F4NO/c1-12-2-6-15(7-3-12)22-8-9-23-11-13-4-5-14(18)10-16(13)17(19,20)21/h4-5,10,12,15,22H,2-3,6-9,11H2,1H3. The first-order valence-electron chi connectivity index (χ1n) is 8.03. The van der Waals surface area contributed by atoms with Crippen molar-refractivity contribution >= 4 is 0 Å². The van der Waals surface area contributed by atoms with Crippen LogP contribution in [-0.2, 0) is 17.5 Å². The maximum Gasteiger partial charge on any atom is 0.416 e. The highest BCUT2D eigenvalue weighted by molar-refractivity contribution is 5.29. The zero-order valence-corrected chi connectivity index (χ0v) is 13.3. The van der Waals surface area contributed by atoms with Gasteiger partial charge in [-0.1, -0.05) is 13.0 Å². The van der Waals surface area contributed by atoms with Crippen molar-refractivity contribution in [1.29, 1.82) is 0 Å². The van der Waals surface area contributed by atoms with E-state index >= 15 is 0 Å². The minimum absolute atomic E-state index is 0.0367. The van der Waals surface area contributed by atoms with Crippen molar-refractivity contribution in [3.05, 3.63) is 35.1 Å². The number of hydrogen-bond acceptors (Lipinski definition) is 2. The molecule has 6 heteroatoms. The highest BCUT2D eigenvalue weighted by Gasteiger charge is 2.33. The van der Waals surface area contributed by atoms with Crippen LogP contribution in [0.4, 0.5) is 17.6 Å². The zero-order chi connectivity index (χ0) is 16.9. The number of nitrogens with one attached hydrogen (secondary N) is 1. The molecule has 2 nitrogen and oxygen atoms in total. The third kappa shape index (κ3) is 5.77. The van der Waals surface area contributed by atoms with E-state index < -0.39 is 17.6 Å². The molecule has 1 aliphatic rings. The molecular weight excluding hydrogens is 310 g/mol. The van der Waals surface area contributed by atoms with E-state index in [2.05, 4.69) is 12.2 Å². The molecule has 1 aromatic carbocycles. The van der Waals surface area contributed by atoms with Gasteiger partial charge in [-0.15, -0.1) is 0 Å². The molecule has 0 aromatic heterocycles. The lowest BCUT2D eigenvalue weighted by Gasteiger charge is -2.27. The van der Waals surface area contributed by atoms with Crippen LogP contribution in [0.25, 0.3) is 0 Å². The lowest BCUT2D eigenvalue weighted by atomic mass is 9.87. The maximum atomic E-state index is 13.0. The summed E-state index contributed by atoms with van der Waals surface area (Å²) in [6.45, 7) is 3.03. The third-order valence-electron chi connectivity index (χ3n) is 4.33. The Bertz CT molecular complexity index is 496. The molecule has 1 aromatic rings. The molecule has 1 fully saturated rings. The average Bonchev–Trinajstić information content (AvgIpc) is 2.49. The molecule has 23 heavy (non-hydrogen) atoms. The van der Waals surface area contributed by atoms with Gasteiger partial charge in [0.1, 0.15) is 5.82 Å². The van der Waals surface area contributed by atoms with Crippen LogP contribution >= 0.6 is 0 Å². The van der Waals surface area contributed by atoms with E-state index in [0.29, 0.717) is 25.3 Å². The van der Waals surface area contributed by atoms with E-state index in [-0.39, 0.29) is 12.2 Å². The lowest BCUT2D eigenvalue weighted by Crippen LogP contribution is -2.34. The van der Waals surface area contributed by atoms with Gasteiger partial charge in [0.15, 0.2) is 0 Å². The Labute approximate surface area is 134 Å². The molecule has 2 rings (SSSR count). The van der Waals surface area contributed by atoms with Crippen molar-refractivity contribution in [3.63, 3.8) is 0 Å². The monoisotopic (exact) mass is 333 g/mol. The molecule has 0 bridgehead atoms. The fraction of sp³-hybridized carbons (Fsp3) is 0.647. The SMILES string of the molecule is CC1CCC(NCCOCc2ccc(F)cc2C(F)(F)F)CC1. The van der Waals surface area contributed by atoms with E-state index in [1.54, 1.807) is 0 Å². The lowest BCUT2D eigenvalue weighted by molar-refractivity contribution is -0.139. The van der Waals surface area contributed by atoms with Gasteiger partial charge in [0.25, 0.3) is 0 Å². The molecule has 0 aliphatic heterocycles. The topological polar surface area (TPSA) is 21.3 Å². The minimum atomic E-state index is -4.57. The predicted molar refractivity (Wildman–Crippen MR) is 80.5 cm³/mol. The summed E-state index contributed by atoms with van der Waals surface area (Å²) in [6.07, 6.45) is 0.124. The Morgan fingerprint density at radius 3 is 2.52 bits per heavy atom. The first-order chi connectivity index (χ1) is 10.9. The number of ether oxygens (including phenoxy) is 1.